The quantitative estimate of drug-likeness (QED) is 0.680. The number of hydrogen-bond acceptors (Lipinski definition) is 4. The van der Waals surface area contributed by atoms with Gasteiger partial charge in [-0.25, -0.2) is 13.4 Å². The van der Waals surface area contributed by atoms with E-state index in [-0.39, 0.29) is 5.75 Å². The number of aryl methyl sites for hydroxylation is 1. The number of nitrogens with zero attached hydrogens (tertiary/aromatic N) is 1. The second-order valence-electron chi connectivity index (χ2n) is 4.54. The third-order valence-corrected chi connectivity index (χ3v) is 3.94. The summed E-state index contributed by atoms with van der Waals surface area (Å²) in [5.74, 6) is 0.528. The Labute approximate surface area is 115 Å². The molecule has 0 aromatic carbocycles. The van der Waals surface area contributed by atoms with Gasteiger partial charge in [-0.3, -0.25) is 4.72 Å². The Kier molecular flexibility index (Phi) is 6.80. The Bertz CT molecular complexity index is 475. The first kappa shape index (κ1) is 15.9. The van der Waals surface area contributed by atoms with Gasteiger partial charge in [0.05, 0.1) is 5.75 Å². The molecule has 108 valence electrons. The second-order valence-corrected chi connectivity index (χ2v) is 6.38. The van der Waals surface area contributed by atoms with Crippen molar-refractivity contribution >= 4 is 15.8 Å². The van der Waals surface area contributed by atoms with Gasteiger partial charge in [0.1, 0.15) is 5.82 Å². The molecule has 1 rings (SSSR count). The molecule has 0 bridgehead atoms. The van der Waals surface area contributed by atoms with E-state index in [1.54, 1.807) is 12.1 Å². The maximum absolute atomic E-state index is 11.8. The van der Waals surface area contributed by atoms with E-state index in [1.165, 1.54) is 0 Å². The van der Waals surface area contributed by atoms with Crippen molar-refractivity contribution in [3.8, 4) is 0 Å². The first-order chi connectivity index (χ1) is 9.03. The predicted molar refractivity (Wildman–Crippen MR) is 78.8 cm³/mol. The van der Waals surface area contributed by atoms with Crippen LogP contribution in [0.4, 0.5) is 5.82 Å². The van der Waals surface area contributed by atoms with Crippen LogP contribution in [0.2, 0.25) is 0 Å². The van der Waals surface area contributed by atoms with E-state index >= 15 is 0 Å². The minimum absolute atomic E-state index is 0.135. The number of unbranched alkanes of at least 4 members (excludes halogenated alkanes) is 1. The second kappa shape index (κ2) is 8.12. The van der Waals surface area contributed by atoms with Gasteiger partial charge in [0, 0.05) is 5.69 Å². The summed E-state index contributed by atoms with van der Waals surface area (Å²) < 4.78 is 26.2. The number of pyridine rings is 1. The van der Waals surface area contributed by atoms with Crippen LogP contribution in [-0.4, -0.2) is 32.2 Å². The molecule has 6 heteroatoms. The van der Waals surface area contributed by atoms with E-state index < -0.39 is 10.0 Å². The summed E-state index contributed by atoms with van der Waals surface area (Å²) in [5, 5.41) is 3.25. The van der Waals surface area contributed by atoms with Crippen LogP contribution in [-0.2, 0) is 10.0 Å². The molecule has 0 atom stereocenters. The molecule has 5 nitrogen and oxygen atoms in total. The molecule has 1 heterocycles. The molecule has 0 spiro atoms. The van der Waals surface area contributed by atoms with Crippen LogP contribution in [0.5, 0.6) is 0 Å². The molecule has 0 saturated heterocycles. The van der Waals surface area contributed by atoms with Crippen molar-refractivity contribution in [1.29, 1.82) is 0 Å². The SMILES string of the molecule is CCCNCCCCS(=O)(=O)Nc1cccc(C)n1. The molecule has 0 aliphatic carbocycles. The molecule has 1 aromatic heterocycles. The summed E-state index contributed by atoms with van der Waals surface area (Å²) in [4.78, 5) is 4.12. The number of nitrogens with one attached hydrogen (secondary N) is 2. The van der Waals surface area contributed by atoms with Gasteiger partial charge in [0.15, 0.2) is 0 Å². The normalized spacial score (nSPS) is 11.5. The minimum Gasteiger partial charge on any atom is -0.317 e. The summed E-state index contributed by atoms with van der Waals surface area (Å²) >= 11 is 0. The lowest BCUT2D eigenvalue weighted by Gasteiger charge is -2.08. The van der Waals surface area contributed by atoms with Crippen molar-refractivity contribution in [1.82, 2.24) is 10.3 Å². The molecular formula is C13H23N3O2S. The Morgan fingerprint density at radius 3 is 2.68 bits per heavy atom. The van der Waals surface area contributed by atoms with Crippen LogP contribution in [0, 0.1) is 6.92 Å². The highest BCUT2D eigenvalue weighted by Gasteiger charge is 2.10. The predicted octanol–water partition coefficient (Wildman–Crippen LogP) is 1.91. The molecule has 1 aromatic rings. The number of rotatable bonds is 9. The van der Waals surface area contributed by atoms with Gasteiger partial charge < -0.3 is 5.32 Å². The molecule has 0 aliphatic heterocycles. The first-order valence-electron chi connectivity index (χ1n) is 6.68. The highest BCUT2D eigenvalue weighted by atomic mass is 32.2. The van der Waals surface area contributed by atoms with E-state index in [9.17, 15) is 8.42 Å². The molecule has 0 unspecified atom stereocenters. The number of aromatic nitrogens is 1. The Hall–Kier alpha value is -1.14. The maximum atomic E-state index is 11.8. The van der Waals surface area contributed by atoms with Gasteiger partial charge in [0.2, 0.25) is 10.0 Å². The summed E-state index contributed by atoms with van der Waals surface area (Å²) in [6.45, 7) is 5.79. The molecule has 0 fully saturated rings. The zero-order valence-corrected chi connectivity index (χ0v) is 12.5. The maximum Gasteiger partial charge on any atom is 0.233 e. The number of anilines is 1. The fourth-order valence-corrected chi connectivity index (χ4v) is 2.77. The standard InChI is InChI=1S/C13H23N3O2S/c1-3-9-14-10-4-5-11-19(17,18)16-13-8-6-7-12(2)15-13/h6-8,14H,3-5,9-11H2,1-2H3,(H,15,16). The van der Waals surface area contributed by atoms with Gasteiger partial charge in [-0.15, -0.1) is 0 Å². The minimum atomic E-state index is -3.28. The van der Waals surface area contributed by atoms with Crippen LogP contribution in [0.15, 0.2) is 18.2 Å². The monoisotopic (exact) mass is 285 g/mol. The Morgan fingerprint density at radius 2 is 2.00 bits per heavy atom. The highest BCUT2D eigenvalue weighted by Crippen LogP contribution is 2.07. The largest absolute Gasteiger partial charge is 0.317 e. The van der Waals surface area contributed by atoms with Crippen molar-refractivity contribution in [2.45, 2.75) is 33.1 Å². The highest BCUT2D eigenvalue weighted by molar-refractivity contribution is 7.92. The molecule has 0 aliphatic rings. The van der Waals surface area contributed by atoms with Crippen molar-refractivity contribution in [2.24, 2.45) is 0 Å². The van der Waals surface area contributed by atoms with Crippen molar-refractivity contribution < 1.29 is 8.42 Å². The van der Waals surface area contributed by atoms with Gasteiger partial charge in [-0.2, -0.15) is 0 Å². The summed E-state index contributed by atoms with van der Waals surface area (Å²) in [6, 6.07) is 5.28. The van der Waals surface area contributed by atoms with Crippen molar-refractivity contribution in [3.63, 3.8) is 0 Å². The van der Waals surface area contributed by atoms with E-state index in [0.29, 0.717) is 12.2 Å². The topological polar surface area (TPSA) is 71.1 Å². The van der Waals surface area contributed by atoms with Crippen LogP contribution < -0.4 is 10.0 Å². The molecule has 0 saturated carbocycles. The molecule has 19 heavy (non-hydrogen) atoms. The average molecular weight is 285 g/mol. The molecule has 0 radical (unpaired) electrons. The molecule has 0 amide bonds. The lowest BCUT2D eigenvalue weighted by atomic mass is 10.3. The lowest BCUT2D eigenvalue weighted by Crippen LogP contribution is -2.20. The van der Waals surface area contributed by atoms with Gasteiger partial charge in [0.25, 0.3) is 0 Å². The third-order valence-electron chi connectivity index (χ3n) is 2.59. The fraction of sp³-hybridized carbons (Fsp3) is 0.615. The fourth-order valence-electron chi connectivity index (χ4n) is 1.65. The summed E-state index contributed by atoms with van der Waals surface area (Å²) in [5.41, 5.74) is 0.795. The zero-order chi connectivity index (χ0) is 14.1. The smallest absolute Gasteiger partial charge is 0.233 e. The van der Waals surface area contributed by atoms with E-state index in [0.717, 1.165) is 31.6 Å². The van der Waals surface area contributed by atoms with Gasteiger partial charge in [-0.1, -0.05) is 13.0 Å². The van der Waals surface area contributed by atoms with Crippen molar-refractivity contribution in [3.05, 3.63) is 23.9 Å². The summed E-state index contributed by atoms with van der Waals surface area (Å²) in [6.07, 6.45) is 2.61. The molecular weight excluding hydrogens is 262 g/mol. The van der Waals surface area contributed by atoms with Crippen LogP contribution >= 0.6 is 0 Å². The number of sulfonamides is 1. The van der Waals surface area contributed by atoms with Crippen LogP contribution in [0.1, 0.15) is 31.9 Å². The van der Waals surface area contributed by atoms with Crippen molar-refractivity contribution in [2.75, 3.05) is 23.6 Å². The zero-order valence-electron chi connectivity index (χ0n) is 11.6. The van der Waals surface area contributed by atoms with Crippen LogP contribution in [0.25, 0.3) is 0 Å². The summed E-state index contributed by atoms with van der Waals surface area (Å²) in [7, 11) is -3.28. The van der Waals surface area contributed by atoms with Gasteiger partial charge >= 0.3 is 0 Å². The first-order valence-corrected chi connectivity index (χ1v) is 8.33. The van der Waals surface area contributed by atoms with Gasteiger partial charge in [-0.05, 0) is 51.4 Å². The van der Waals surface area contributed by atoms with E-state index in [2.05, 4.69) is 21.9 Å². The Morgan fingerprint density at radius 1 is 1.21 bits per heavy atom. The third kappa shape index (κ3) is 7.12. The van der Waals surface area contributed by atoms with E-state index in [4.69, 9.17) is 0 Å². The molecule has 2 N–H and O–H groups in total. The van der Waals surface area contributed by atoms with E-state index in [1.807, 2.05) is 13.0 Å². The Balaban J connectivity index is 2.32. The lowest BCUT2D eigenvalue weighted by molar-refractivity contribution is 0.590. The average Bonchev–Trinajstić information content (AvgIpc) is 2.33. The number of hydrogen-bond donors (Lipinski definition) is 2. The van der Waals surface area contributed by atoms with Crippen LogP contribution in [0.3, 0.4) is 0 Å².